The summed E-state index contributed by atoms with van der Waals surface area (Å²) >= 11 is 0. The van der Waals surface area contributed by atoms with Crippen LogP contribution in [0.25, 0.3) is 11.4 Å². The number of anilines is 1. The van der Waals surface area contributed by atoms with Crippen LogP contribution in [0, 0.1) is 13.8 Å². The number of rotatable bonds is 7. The second-order valence-electron chi connectivity index (χ2n) is 9.72. The normalized spacial score (nSPS) is 12.2. The van der Waals surface area contributed by atoms with E-state index in [0.29, 0.717) is 17.3 Å². The molecule has 2 heterocycles. The molecule has 36 heavy (non-hydrogen) atoms. The molecule has 0 aliphatic carbocycles. The van der Waals surface area contributed by atoms with Gasteiger partial charge in [0, 0.05) is 16.8 Å². The zero-order valence-corrected chi connectivity index (χ0v) is 21.1. The third kappa shape index (κ3) is 5.68. The fourth-order valence-corrected chi connectivity index (χ4v) is 3.84. The molecule has 0 aliphatic rings. The number of para-hydroxylation sites is 1. The highest BCUT2D eigenvalue weighted by molar-refractivity contribution is 6.01. The molecule has 2 amide bonds. The Labute approximate surface area is 210 Å². The van der Waals surface area contributed by atoms with E-state index in [9.17, 15) is 9.59 Å². The van der Waals surface area contributed by atoms with Crippen molar-refractivity contribution in [2.24, 2.45) is 0 Å². The molecule has 0 saturated heterocycles. The van der Waals surface area contributed by atoms with Gasteiger partial charge in [-0.3, -0.25) is 14.5 Å². The molecule has 0 spiro atoms. The zero-order chi connectivity index (χ0) is 25.9. The number of amides is 2. The molecule has 9 nitrogen and oxygen atoms in total. The number of aromatic nitrogens is 4. The van der Waals surface area contributed by atoms with Gasteiger partial charge in [-0.2, -0.15) is 4.80 Å². The van der Waals surface area contributed by atoms with E-state index in [-0.39, 0.29) is 18.4 Å². The summed E-state index contributed by atoms with van der Waals surface area (Å²) in [6.07, 6.45) is 1.49. The first-order chi connectivity index (χ1) is 17.1. The maximum atomic E-state index is 13.8. The van der Waals surface area contributed by atoms with Gasteiger partial charge in [0.1, 0.15) is 12.3 Å². The number of nitrogens with one attached hydrogen (secondary N) is 1. The molecule has 0 unspecified atom stereocenters. The van der Waals surface area contributed by atoms with Gasteiger partial charge in [-0.05, 0) is 63.6 Å². The van der Waals surface area contributed by atoms with Crippen molar-refractivity contribution in [2.45, 2.75) is 52.7 Å². The molecule has 1 N–H and O–H groups in total. The van der Waals surface area contributed by atoms with Crippen molar-refractivity contribution < 1.29 is 14.0 Å². The van der Waals surface area contributed by atoms with Gasteiger partial charge in [-0.15, -0.1) is 10.2 Å². The Bertz CT molecular complexity index is 1340. The summed E-state index contributed by atoms with van der Waals surface area (Å²) < 4.78 is 5.64. The Morgan fingerprint density at radius 2 is 1.75 bits per heavy atom. The number of aryl methyl sites for hydroxylation is 2. The summed E-state index contributed by atoms with van der Waals surface area (Å²) in [6, 6.07) is 17.5. The van der Waals surface area contributed by atoms with Crippen molar-refractivity contribution >= 4 is 17.5 Å². The quantitative estimate of drug-likeness (QED) is 0.419. The number of furan rings is 1. The summed E-state index contributed by atoms with van der Waals surface area (Å²) in [5, 5.41) is 15.6. The van der Waals surface area contributed by atoms with Crippen molar-refractivity contribution in [3.8, 4) is 11.4 Å². The summed E-state index contributed by atoms with van der Waals surface area (Å²) in [5.41, 5.74) is 2.82. The van der Waals surface area contributed by atoms with Gasteiger partial charge in [0.2, 0.25) is 5.82 Å². The van der Waals surface area contributed by atoms with E-state index in [2.05, 4.69) is 20.7 Å². The SMILES string of the molecule is Cc1ccc(-c2nnn(CC(=O)N(c3ccccc3C)[C@@H](C(=O)NC(C)(C)C)c3ccco3)n2)cc1. The fraction of sp³-hybridized carbons (Fsp3) is 0.296. The predicted octanol–water partition coefficient (Wildman–Crippen LogP) is 4.24. The van der Waals surface area contributed by atoms with Crippen LogP contribution in [0.2, 0.25) is 0 Å². The molecule has 0 saturated carbocycles. The van der Waals surface area contributed by atoms with Crippen LogP contribution in [0.5, 0.6) is 0 Å². The summed E-state index contributed by atoms with van der Waals surface area (Å²) in [7, 11) is 0. The van der Waals surface area contributed by atoms with E-state index < -0.39 is 11.6 Å². The van der Waals surface area contributed by atoms with Crippen LogP contribution in [0.4, 0.5) is 5.69 Å². The van der Waals surface area contributed by atoms with Gasteiger partial charge >= 0.3 is 0 Å². The minimum Gasteiger partial charge on any atom is -0.467 e. The van der Waals surface area contributed by atoms with Gasteiger partial charge in [0.05, 0.1) is 6.26 Å². The average molecular weight is 487 g/mol. The van der Waals surface area contributed by atoms with Crippen LogP contribution >= 0.6 is 0 Å². The minimum absolute atomic E-state index is 0.215. The molecule has 0 aliphatic heterocycles. The van der Waals surface area contributed by atoms with E-state index >= 15 is 0 Å². The number of carbonyl (C=O) groups is 2. The summed E-state index contributed by atoms with van der Waals surface area (Å²) in [5.74, 6) is 0.0158. The monoisotopic (exact) mass is 486 g/mol. The van der Waals surface area contributed by atoms with Crippen LogP contribution in [-0.2, 0) is 16.1 Å². The molecule has 0 bridgehead atoms. The number of tetrazole rings is 1. The maximum Gasteiger partial charge on any atom is 0.251 e. The van der Waals surface area contributed by atoms with Crippen molar-refractivity contribution in [3.63, 3.8) is 0 Å². The highest BCUT2D eigenvalue weighted by Gasteiger charge is 2.37. The Morgan fingerprint density at radius 3 is 2.39 bits per heavy atom. The molecule has 186 valence electrons. The van der Waals surface area contributed by atoms with E-state index in [1.54, 1.807) is 18.2 Å². The topological polar surface area (TPSA) is 106 Å². The molecule has 4 aromatic rings. The number of hydrogen-bond acceptors (Lipinski definition) is 6. The number of carbonyl (C=O) groups excluding carboxylic acids is 2. The first-order valence-electron chi connectivity index (χ1n) is 11.7. The van der Waals surface area contributed by atoms with E-state index in [4.69, 9.17) is 4.42 Å². The lowest BCUT2D eigenvalue weighted by atomic mass is 10.0. The smallest absolute Gasteiger partial charge is 0.251 e. The zero-order valence-electron chi connectivity index (χ0n) is 21.1. The van der Waals surface area contributed by atoms with E-state index in [1.165, 1.54) is 16.0 Å². The van der Waals surface area contributed by atoms with Crippen LogP contribution in [0.1, 0.15) is 43.7 Å². The molecule has 0 radical (unpaired) electrons. The molecule has 9 heteroatoms. The lowest BCUT2D eigenvalue weighted by molar-refractivity contribution is -0.128. The average Bonchev–Trinajstić information content (AvgIpc) is 3.50. The molecule has 2 aromatic heterocycles. The van der Waals surface area contributed by atoms with Crippen LogP contribution in [0.3, 0.4) is 0 Å². The van der Waals surface area contributed by atoms with E-state index in [0.717, 1.165) is 16.7 Å². The molecular weight excluding hydrogens is 456 g/mol. The van der Waals surface area contributed by atoms with Crippen molar-refractivity contribution in [3.05, 3.63) is 83.8 Å². The molecule has 0 fully saturated rings. The third-order valence-corrected chi connectivity index (χ3v) is 5.50. The van der Waals surface area contributed by atoms with Crippen LogP contribution in [-0.4, -0.2) is 37.6 Å². The van der Waals surface area contributed by atoms with Crippen molar-refractivity contribution in [1.29, 1.82) is 0 Å². The van der Waals surface area contributed by atoms with Crippen molar-refractivity contribution in [1.82, 2.24) is 25.5 Å². The third-order valence-electron chi connectivity index (χ3n) is 5.50. The molecular formula is C27H30N6O3. The Hall–Kier alpha value is -4.27. The molecule has 2 aromatic carbocycles. The number of nitrogens with zero attached hydrogens (tertiary/aromatic N) is 5. The van der Waals surface area contributed by atoms with Gasteiger partial charge in [-0.25, -0.2) is 0 Å². The number of benzene rings is 2. The standard InChI is InChI=1S/C27H30N6O3/c1-18-12-14-20(15-13-18)25-29-31-32(30-25)17-23(34)33(21-10-7-6-9-19(21)2)24(22-11-8-16-36-22)26(35)28-27(3,4)5/h6-16,24H,17H2,1-5H3,(H,28,35)/t24-/m1/s1. The first kappa shape index (κ1) is 24.8. The summed E-state index contributed by atoms with van der Waals surface area (Å²) in [4.78, 5) is 30.1. The number of hydrogen-bond donors (Lipinski definition) is 1. The van der Waals surface area contributed by atoms with Crippen LogP contribution in [0.15, 0.2) is 71.3 Å². The largest absolute Gasteiger partial charge is 0.467 e. The Morgan fingerprint density at radius 1 is 1.03 bits per heavy atom. The lowest BCUT2D eigenvalue weighted by Gasteiger charge is -2.33. The highest BCUT2D eigenvalue weighted by atomic mass is 16.3. The van der Waals surface area contributed by atoms with Gasteiger partial charge in [0.25, 0.3) is 11.8 Å². The predicted molar refractivity (Wildman–Crippen MR) is 136 cm³/mol. The van der Waals surface area contributed by atoms with Crippen LogP contribution < -0.4 is 10.2 Å². The minimum atomic E-state index is -1.03. The second kappa shape index (κ2) is 10.2. The second-order valence-corrected chi connectivity index (χ2v) is 9.72. The van der Waals surface area contributed by atoms with Gasteiger partial charge < -0.3 is 9.73 Å². The van der Waals surface area contributed by atoms with Gasteiger partial charge in [0.15, 0.2) is 6.04 Å². The Kier molecular flexibility index (Phi) is 7.00. The molecule has 4 rings (SSSR count). The lowest BCUT2D eigenvalue weighted by Crippen LogP contribution is -2.50. The highest BCUT2D eigenvalue weighted by Crippen LogP contribution is 2.31. The van der Waals surface area contributed by atoms with Gasteiger partial charge in [-0.1, -0.05) is 48.0 Å². The maximum absolute atomic E-state index is 13.8. The Balaban J connectivity index is 1.71. The van der Waals surface area contributed by atoms with Crippen molar-refractivity contribution in [2.75, 3.05) is 4.90 Å². The fourth-order valence-electron chi connectivity index (χ4n) is 3.84. The first-order valence-corrected chi connectivity index (χ1v) is 11.7. The van der Waals surface area contributed by atoms with E-state index in [1.807, 2.05) is 77.1 Å². The molecule has 1 atom stereocenters. The summed E-state index contributed by atoms with van der Waals surface area (Å²) in [6.45, 7) is 9.33.